The van der Waals surface area contributed by atoms with Gasteiger partial charge in [-0.1, -0.05) is 6.42 Å². The molecule has 5 amide bonds. The zero-order valence-electron chi connectivity index (χ0n) is 25.4. The Labute approximate surface area is 269 Å². The number of unbranched alkanes of at least 4 members (excludes halogenated alkanes) is 6. The Balaban J connectivity index is 0. The van der Waals surface area contributed by atoms with Gasteiger partial charge in [0.2, 0.25) is 29.5 Å². The van der Waals surface area contributed by atoms with Crippen LogP contribution >= 0.6 is 0 Å². The first kappa shape index (κ1) is 43.3. The number of nitrogens with two attached hydrogens (primary N) is 1. The number of nitrogens with one attached hydrogen (secondary N) is 2. The normalized spacial score (nSPS) is 10.4. The number of aliphatic carboxylic acids is 1. The third-order valence-corrected chi connectivity index (χ3v) is 6.36. The number of carboxylic acids is 1. The molecule has 0 aromatic rings. The molecule has 0 spiro atoms. The van der Waals surface area contributed by atoms with E-state index < -0.39 is 23.7 Å². The van der Waals surface area contributed by atoms with Crippen LogP contribution in [0.1, 0.15) is 96.3 Å². The molecule has 0 aromatic carbocycles. The maximum atomic E-state index is 12.0. The van der Waals surface area contributed by atoms with Gasteiger partial charge < -0.3 is 21.5 Å². The van der Waals surface area contributed by atoms with Gasteiger partial charge in [0.1, 0.15) is 0 Å². The smallest absolute Gasteiger partial charge is 0.303 e. The molecule has 0 atom stereocenters. The van der Waals surface area contributed by atoms with Gasteiger partial charge in [-0.2, -0.15) is 0 Å². The summed E-state index contributed by atoms with van der Waals surface area (Å²) < 4.78 is 0. The summed E-state index contributed by atoms with van der Waals surface area (Å²) >= 11 is 0. The molecule has 0 rings (SSSR count). The van der Waals surface area contributed by atoms with Crippen molar-refractivity contribution < 1.29 is 66.6 Å². The van der Waals surface area contributed by atoms with Crippen LogP contribution in [0, 0.1) is 0 Å². The molecular weight excluding hydrogens is 624 g/mol. The molecule has 0 aliphatic carbocycles. The van der Waals surface area contributed by atoms with Gasteiger partial charge in [-0.05, 0) is 57.9 Å². The van der Waals surface area contributed by atoms with E-state index in [2.05, 4.69) is 10.6 Å². The first-order chi connectivity index (χ1) is 20.5. The maximum absolute atomic E-state index is 12.0. The molecule has 0 unspecified atom stereocenters. The predicted octanol–water partition coefficient (Wildman–Crippen LogP) is 0.765. The molecule has 0 aliphatic rings. The third kappa shape index (κ3) is 24.6. The minimum absolute atomic E-state index is 0. The van der Waals surface area contributed by atoms with Crippen molar-refractivity contribution in [1.29, 1.82) is 0 Å². The summed E-state index contributed by atoms with van der Waals surface area (Å²) in [6, 6.07) is 0. The van der Waals surface area contributed by atoms with Crippen molar-refractivity contribution in [3.05, 3.63) is 0 Å². The van der Waals surface area contributed by atoms with Gasteiger partial charge >= 0.3 is 5.97 Å². The van der Waals surface area contributed by atoms with Crippen LogP contribution < -0.4 is 16.4 Å². The second kappa shape index (κ2) is 27.7. The summed E-state index contributed by atoms with van der Waals surface area (Å²) in [7, 11) is 0. The van der Waals surface area contributed by atoms with Gasteiger partial charge in [-0.3, -0.25) is 44.4 Å². The van der Waals surface area contributed by atoms with Crippen LogP contribution in [-0.2, 0) is 45.8 Å². The molecule has 0 aliphatic heterocycles. The monoisotopic (exact) mass is 674 g/mol. The molecule has 0 fully saturated rings. The number of nitrogens with zero attached hydrogens (tertiary/aromatic N) is 3. The number of carbonyl (C=O) groups is 6. The fourth-order valence-corrected chi connectivity index (χ4v) is 3.76. The van der Waals surface area contributed by atoms with Crippen molar-refractivity contribution in [2.75, 3.05) is 39.3 Å². The molecule has 17 heteroatoms. The number of hydrogen-bond acceptors (Lipinski definition) is 10. The summed E-state index contributed by atoms with van der Waals surface area (Å²) in [5.74, 6) is -3.53. The van der Waals surface area contributed by atoms with E-state index in [-0.39, 0.29) is 87.0 Å². The number of carboxylic acid groups (broad SMARTS) is 1. The predicted molar refractivity (Wildman–Crippen MR) is 152 cm³/mol. The Kier molecular flexibility index (Phi) is 27.3. The zero-order valence-corrected chi connectivity index (χ0v) is 26.5. The molecule has 16 nitrogen and oxygen atoms in total. The molecule has 8 N–H and O–H groups in total. The Bertz CT molecular complexity index is 867. The third-order valence-electron chi connectivity index (χ3n) is 6.36. The van der Waals surface area contributed by atoms with Crippen molar-refractivity contribution >= 4 is 35.5 Å². The van der Waals surface area contributed by atoms with Crippen molar-refractivity contribution in [2.24, 2.45) is 5.73 Å². The quantitative estimate of drug-likeness (QED) is 0.0292. The summed E-state index contributed by atoms with van der Waals surface area (Å²) in [6.07, 6.45) is 4.64. The van der Waals surface area contributed by atoms with E-state index in [4.69, 9.17) is 10.8 Å². The fourth-order valence-electron chi connectivity index (χ4n) is 3.76. The number of amides is 5. The topological polar surface area (TPSA) is 243 Å². The SMILES string of the molecule is NCCCCCN(O)C(=O)CCC(=O)NCCCCCN(O)C(=O)CCC(=O)NCCCCCN(O)C(=O)CCC(=O)O.[Fe]. The van der Waals surface area contributed by atoms with Crippen molar-refractivity contribution in [3.63, 3.8) is 0 Å². The second-order valence-electron chi connectivity index (χ2n) is 10.1. The minimum atomic E-state index is -1.12. The van der Waals surface area contributed by atoms with Crippen molar-refractivity contribution in [1.82, 2.24) is 25.8 Å². The molecule has 0 aromatic heterocycles. The molecule has 44 heavy (non-hydrogen) atoms. The van der Waals surface area contributed by atoms with E-state index in [0.29, 0.717) is 79.8 Å². The second-order valence-corrected chi connectivity index (χ2v) is 10.1. The summed E-state index contributed by atoms with van der Waals surface area (Å²) in [6.45, 7) is 1.63. The number of hydrogen-bond donors (Lipinski definition) is 7. The van der Waals surface area contributed by atoms with E-state index in [1.54, 1.807) is 0 Å². The first-order valence-electron chi connectivity index (χ1n) is 14.9. The fraction of sp³-hybridized carbons (Fsp3) is 0.778. The van der Waals surface area contributed by atoms with E-state index in [0.717, 1.165) is 12.8 Å². The Morgan fingerprint density at radius 2 is 0.841 bits per heavy atom. The molecule has 0 saturated carbocycles. The van der Waals surface area contributed by atoms with Gasteiger partial charge in [0, 0.05) is 81.9 Å². The van der Waals surface area contributed by atoms with Crippen LogP contribution in [0.5, 0.6) is 0 Å². The largest absolute Gasteiger partial charge is 0.481 e. The molecule has 0 heterocycles. The van der Waals surface area contributed by atoms with Gasteiger partial charge in [0.05, 0.1) is 6.42 Å². The van der Waals surface area contributed by atoms with Gasteiger partial charge in [0.15, 0.2) is 0 Å². The minimum Gasteiger partial charge on any atom is -0.481 e. The van der Waals surface area contributed by atoms with E-state index in [1.807, 2.05) is 0 Å². The molecule has 0 radical (unpaired) electrons. The van der Waals surface area contributed by atoms with E-state index in [9.17, 15) is 44.4 Å². The van der Waals surface area contributed by atoms with Crippen LogP contribution in [-0.4, -0.2) is 111 Å². The Hall–Kier alpha value is -2.82. The van der Waals surface area contributed by atoms with Crippen LogP contribution in [0.2, 0.25) is 0 Å². The molecule has 0 bridgehead atoms. The summed E-state index contributed by atoms with van der Waals surface area (Å²) in [5, 5.41) is 44.7. The van der Waals surface area contributed by atoms with Gasteiger partial charge in [0.25, 0.3) is 0 Å². The summed E-state index contributed by atoms with van der Waals surface area (Å²) in [5.41, 5.74) is 5.39. The number of hydroxylamine groups is 6. The number of carbonyl (C=O) groups excluding carboxylic acids is 5. The van der Waals surface area contributed by atoms with E-state index >= 15 is 0 Å². The van der Waals surface area contributed by atoms with Crippen LogP contribution in [0.4, 0.5) is 0 Å². The average molecular weight is 675 g/mol. The van der Waals surface area contributed by atoms with Gasteiger partial charge in [-0.25, -0.2) is 15.2 Å². The molecular formula is C27H50FeN6O10. The van der Waals surface area contributed by atoms with Crippen LogP contribution in [0.25, 0.3) is 0 Å². The Morgan fingerprint density at radius 1 is 0.500 bits per heavy atom. The van der Waals surface area contributed by atoms with Crippen molar-refractivity contribution in [2.45, 2.75) is 96.3 Å². The van der Waals surface area contributed by atoms with Crippen LogP contribution in [0.3, 0.4) is 0 Å². The summed E-state index contributed by atoms with van der Waals surface area (Å²) in [4.78, 5) is 69.6. The Morgan fingerprint density at radius 3 is 1.18 bits per heavy atom. The van der Waals surface area contributed by atoms with Gasteiger partial charge in [-0.15, -0.1) is 0 Å². The molecule has 0 saturated heterocycles. The zero-order chi connectivity index (χ0) is 32.5. The van der Waals surface area contributed by atoms with Crippen LogP contribution in [0.15, 0.2) is 0 Å². The maximum Gasteiger partial charge on any atom is 0.303 e. The number of rotatable bonds is 26. The standard InChI is InChI=1S/C27H50N6O10.Fe/c28-16-4-1-7-19-31(41)24(36)12-10-22(34)29-17-5-2-8-20-32(42)25(37)13-11-23(35)30-18-6-3-9-21-33(43)26(38)14-15-27(39)40;/h41-43H,1-21,28H2,(H,29,34)(H,30,35)(H,39,40);. The average Bonchev–Trinajstić information content (AvgIpc) is 2.98. The van der Waals surface area contributed by atoms with Crippen molar-refractivity contribution in [3.8, 4) is 0 Å². The first-order valence-corrected chi connectivity index (χ1v) is 14.9. The van der Waals surface area contributed by atoms with E-state index in [1.165, 1.54) is 0 Å². The molecule has 256 valence electrons.